The van der Waals surface area contributed by atoms with Gasteiger partial charge in [0, 0.05) is 40.8 Å². The van der Waals surface area contributed by atoms with Crippen molar-refractivity contribution in [1.29, 1.82) is 0 Å². The van der Waals surface area contributed by atoms with E-state index in [1.54, 1.807) is 41.3 Å². The van der Waals surface area contributed by atoms with Crippen LogP contribution in [0.4, 0.5) is 5.69 Å². The van der Waals surface area contributed by atoms with E-state index in [9.17, 15) is 9.90 Å². The molecule has 0 atom stereocenters. The summed E-state index contributed by atoms with van der Waals surface area (Å²) in [5, 5.41) is 13.2. The van der Waals surface area contributed by atoms with Gasteiger partial charge in [0.05, 0.1) is 6.61 Å². The molecule has 188 valence electrons. The number of aromatic nitrogens is 1. The maximum Gasteiger partial charge on any atom is 0.274 e. The number of thiophene rings is 1. The second-order valence-electron chi connectivity index (χ2n) is 9.96. The summed E-state index contributed by atoms with van der Waals surface area (Å²) in [5.41, 5.74) is 12.6. The Bertz CT molecular complexity index is 1230. The first-order valence-electron chi connectivity index (χ1n) is 12.7. The van der Waals surface area contributed by atoms with E-state index in [2.05, 4.69) is 28.3 Å². The number of benzene rings is 1. The minimum atomic E-state index is -0.227. The normalized spacial score (nSPS) is 21.0. The molecule has 0 spiro atoms. The molecule has 6 nitrogen and oxygen atoms in total. The number of nitrogens with zero attached hydrogens (tertiary/aromatic N) is 2. The number of carbonyl (C=O) groups excluding carboxylic acids is 1. The van der Waals surface area contributed by atoms with Crippen LogP contribution >= 0.6 is 11.3 Å². The van der Waals surface area contributed by atoms with Crippen molar-refractivity contribution in [2.45, 2.75) is 44.8 Å². The van der Waals surface area contributed by atoms with Gasteiger partial charge in [-0.25, -0.2) is 0 Å². The maximum atomic E-state index is 12.4. The predicted octanol–water partition coefficient (Wildman–Crippen LogP) is 5.16. The van der Waals surface area contributed by atoms with E-state index in [1.165, 1.54) is 11.1 Å². The van der Waals surface area contributed by atoms with Gasteiger partial charge < -0.3 is 21.1 Å². The number of hydrogen-bond acceptors (Lipinski definition) is 6. The van der Waals surface area contributed by atoms with E-state index in [1.807, 2.05) is 24.3 Å². The van der Waals surface area contributed by atoms with Gasteiger partial charge in [0.2, 0.25) is 0 Å². The van der Waals surface area contributed by atoms with Gasteiger partial charge in [0.15, 0.2) is 0 Å². The van der Waals surface area contributed by atoms with E-state index < -0.39 is 0 Å². The van der Waals surface area contributed by atoms with Crippen LogP contribution in [0.2, 0.25) is 0 Å². The minimum Gasteiger partial charge on any atom is -0.391 e. The molecule has 1 fully saturated rings. The summed E-state index contributed by atoms with van der Waals surface area (Å²) in [6, 6.07) is 15.8. The number of pyridine rings is 1. The summed E-state index contributed by atoms with van der Waals surface area (Å²) in [6.45, 7) is 2.07. The molecule has 1 aliphatic heterocycles. The van der Waals surface area contributed by atoms with Gasteiger partial charge >= 0.3 is 0 Å². The lowest BCUT2D eigenvalue weighted by atomic mass is 9.77. The van der Waals surface area contributed by atoms with Gasteiger partial charge in [0.25, 0.3) is 5.91 Å². The molecule has 7 heteroatoms. The highest BCUT2D eigenvalue weighted by Crippen LogP contribution is 2.42. The second-order valence-corrected chi connectivity index (χ2v) is 11.1. The van der Waals surface area contributed by atoms with Gasteiger partial charge in [-0.15, -0.1) is 11.3 Å². The number of rotatable bonds is 6. The number of anilines is 1. The van der Waals surface area contributed by atoms with Crippen LogP contribution in [0.25, 0.3) is 16.0 Å². The molecule has 4 N–H and O–H groups in total. The van der Waals surface area contributed by atoms with Crippen LogP contribution in [0, 0.1) is 5.92 Å². The molecule has 5 rings (SSSR count). The Labute approximate surface area is 216 Å². The highest BCUT2D eigenvalue weighted by atomic mass is 32.1. The molecular formula is C29H34N4O2S. The summed E-state index contributed by atoms with van der Waals surface area (Å²) < 4.78 is 0. The number of aliphatic hydroxyl groups is 1. The van der Waals surface area contributed by atoms with Crippen molar-refractivity contribution in [2.24, 2.45) is 11.7 Å². The highest BCUT2D eigenvalue weighted by molar-refractivity contribution is 7.15. The van der Waals surface area contributed by atoms with Crippen LogP contribution in [0.5, 0.6) is 0 Å². The maximum absolute atomic E-state index is 12.4. The lowest BCUT2D eigenvalue weighted by Gasteiger charge is -2.35. The lowest BCUT2D eigenvalue weighted by molar-refractivity contribution is 0.102. The molecule has 36 heavy (non-hydrogen) atoms. The molecular weight excluding hydrogens is 468 g/mol. The predicted molar refractivity (Wildman–Crippen MR) is 147 cm³/mol. The van der Waals surface area contributed by atoms with E-state index >= 15 is 0 Å². The van der Waals surface area contributed by atoms with Crippen molar-refractivity contribution >= 4 is 28.5 Å². The van der Waals surface area contributed by atoms with Crippen LogP contribution in [0.1, 0.15) is 53.0 Å². The largest absolute Gasteiger partial charge is 0.391 e. The summed E-state index contributed by atoms with van der Waals surface area (Å²) in [7, 11) is 2.20. The third-order valence-electron chi connectivity index (χ3n) is 7.44. The van der Waals surface area contributed by atoms with Gasteiger partial charge in [-0.3, -0.25) is 9.78 Å². The number of hydrogen-bond donors (Lipinski definition) is 3. The zero-order valence-corrected chi connectivity index (χ0v) is 21.6. The second kappa shape index (κ2) is 11.0. The Morgan fingerprint density at radius 3 is 2.64 bits per heavy atom. The first-order valence-corrected chi connectivity index (χ1v) is 13.6. The fourth-order valence-corrected chi connectivity index (χ4v) is 6.49. The third kappa shape index (κ3) is 5.44. The van der Waals surface area contributed by atoms with Gasteiger partial charge in [0.1, 0.15) is 5.69 Å². The molecule has 0 bridgehead atoms. The number of nitrogens with one attached hydrogen (secondary N) is 1. The van der Waals surface area contributed by atoms with Crippen molar-refractivity contribution in [3.05, 3.63) is 76.4 Å². The zero-order chi connectivity index (χ0) is 25.1. The van der Waals surface area contributed by atoms with E-state index in [0.717, 1.165) is 66.2 Å². The Morgan fingerprint density at radius 1 is 1.17 bits per heavy atom. The van der Waals surface area contributed by atoms with E-state index in [4.69, 9.17) is 5.73 Å². The summed E-state index contributed by atoms with van der Waals surface area (Å²) in [4.78, 5) is 21.1. The summed E-state index contributed by atoms with van der Waals surface area (Å²) >= 11 is 1.66. The van der Waals surface area contributed by atoms with E-state index in [0.29, 0.717) is 17.7 Å². The van der Waals surface area contributed by atoms with Crippen molar-refractivity contribution < 1.29 is 9.90 Å². The average molecular weight is 503 g/mol. The summed E-state index contributed by atoms with van der Waals surface area (Å²) in [6.07, 6.45) is 7.12. The number of aliphatic hydroxyl groups excluding tert-OH is 1. The number of nitrogens with two attached hydrogens (primary N) is 1. The number of carbonyl (C=O) groups is 1. The molecule has 2 aliphatic rings. The first-order chi connectivity index (χ1) is 17.5. The van der Waals surface area contributed by atoms with Crippen molar-refractivity contribution in [2.75, 3.05) is 25.5 Å². The molecule has 1 saturated carbocycles. The van der Waals surface area contributed by atoms with Crippen LogP contribution in [0.15, 0.2) is 60.3 Å². The fraction of sp³-hybridized carbons (Fsp3) is 0.379. The minimum absolute atomic E-state index is 0.0420. The zero-order valence-electron chi connectivity index (χ0n) is 20.7. The molecule has 3 heterocycles. The van der Waals surface area contributed by atoms with Crippen molar-refractivity contribution in [3.8, 4) is 10.4 Å². The van der Waals surface area contributed by atoms with Gasteiger partial charge in [-0.2, -0.15) is 0 Å². The monoisotopic (exact) mass is 502 g/mol. The quantitative estimate of drug-likeness (QED) is 0.433. The fourth-order valence-electron chi connectivity index (χ4n) is 5.43. The Hall–Kier alpha value is -2.84. The van der Waals surface area contributed by atoms with Crippen LogP contribution < -0.4 is 11.1 Å². The van der Waals surface area contributed by atoms with Gasteiger partial charge in [-0.1, -0.05) is 18.2 Å². The van der Waals surface area contributed by atoms with E-state index in [-0.39, 0.29) is 12.5 Å². The number of amides is 1. The Morgan fingerprint density at radius 2 is 1.94 bits per heavy atom. The van der Waals surface area contributed by atoms with Crippen LogP contribution in [-0.2, 0) is 6.61 Å². The smallest absolute Gasteiger partial charge is 0.274 e. The molecule has 2 aromatic heterocycles. The Kier molecular flexibility index (Phi) is 7.62. The van der Waals surface area contributed by atoms with Crippen LogP contribution in [0.3, 0.4) is 0 Å². The lowest BCUT2D eigenvalue weighted by Crippen LogP contribution is -2.34. The standard InChI is InChI=1S/C29H34N4O2S/c1-33-15-13-23(25(17-33)19-5-9-21(30)10-6-19)24-16-27(36-28(24)18-34)20-7-11-22(12-8-20)32-29(35)26-4-2-3-14-31-26/h2-4,7-8,11-12,14,16,19,21,34H,5-6,9-10,13,15,17-18,30H2,1H3,(H,32,35). The molecule has 0 unspecified atom stereocenters. The average Bonchev–Trinajstić information content (AvgIpc) is 3.34. The van der Waals surface area contributed by atoms with Crippen molar-refractivity contribution in [3.63, 3.8) is 0 Å². The first kappa shape index (κ1) is 24.8. The number of likely N-dealkylation sites (N-methyl/N-ethyl adjacent to an activating group) is 1. The molecule has 0 radical (unpaired) electrons. The molecule has 3 aromatic rings. The van der Waals surface area contributed by atoms with Crippen molar-refractivity contribution in [1.82, 2.24) is 9.88 Å². The highest BCUT2D eigenvalue weighted by Gasteiger charge is 2.29. The SMILES string of the molecule is CN1CCC(c2cc(-c3ccc(NC(=O)c4ccccn4)cc3)sc2CO)=C(C2CCC(N)CC2)C1. The Balaban J connectivity index is 1.40. The molecule has 0 saturated heterocycles. The molecule has 1 amide bonds. The topological polar surface area (TPSA) is 91.5 Å². The summed E-state index contributed by atoms with van der Waals surface area (Å²) in [5.74, 6) is 0.356. The van der Waals surface area contributed by atoms with Gasteiger partial charge in [-0.05, 0) is 97.7 Å². The molecule has 1 aliphatic carbocycles. The third-order valence-corrected chi connectivity index (χ3v) is 8.61. The molecule has 1 aromatic carbocycles. The van der Waals surface area contributed by atoms with Crippen LogP contribution in [-0.4, -0.2) is 47.1 Å².